The summed E-state index contributed by atoms with van der Waals surface area (Å²) in [4.78, 5) is 0. The van der Waals surface area contributed by atoms with Gasteiger partial charge in [-0.1, -0.05) is 6.07 Å². The molecule has 0 saturated carbocycles. The summed E-state index contributed by atoms with van der Waals surface area (Å²) in [7, 11) is 3.35. The Balaban J connectivity index is 1.92. The second kappa shape index (κ2) is 7.79. The van der Waals surface area contributed by atoms with Gasteiger partial charge in [0.15, 0.2) is 11.5 Å². The van der Waals surface area contributed by atoms with E-state index in [1.807, 2.05) is 6.07 Å². The maximum absolute atomic E-state index is 5.37. The third kappa shape index (κ3) is 4.06. The van der Waals surface area contributed by atoms with Crippen LogP contribution in [0.3, 0.4) is 0 Å². The molecule has 0 amide bonds. The van der Waals surface area contributed by atoms with Crippen molar-refractivity contribution >= 4 is 11.8 Å². The molecular weight excluding hydrogens is 270 g/mol. The van der Waals surface area contributed by atoms with Gasteiger partial charge in [-0.15, -0.1) is 0 Å². The molecule has 4 heteroatoms. The molecule has 0 spiro atoms. The standard InChI is InChI=1S/C16H25NO2S/c1-12(17-11-13-6-8-20-9-7-13)14-4-5-15(18-2)16(10-14)19-3/h4-5,10,12-13,17H,6-9,11H2,1-3H3. The van der Waals surface area contributed by atoms with Crippen LogP contribution < -0.4 is 14.8 Å². The molecule has 1 saturated heterocycles. The Kier molecular flexibility index (Phi) is 6.05. The molecule has 20 heavy (non-hydrogen) atoms. The highest BCUT2D eigenvalue weighted by Gasteiger charge is 2.15. The Morgan fingerprint density at radius 3 is 2.55 bits per heavy atom. The van der Waals surface area contributed by atoms with Crippen molar-refractivity contribution in [2.45, 2.75) is 25.8 Å². The zero-order chi connectivity index (χ0) is 14.4. The van der Waals surface area contributed by atoms with Crippen molar-refractivity contribution in [3.63, 3.8) is 0 Å². The number of methoxy groups -OCH3 is 2. The molecule has 1 heterocycles. The van der Waals surface area contributed by atoms with Crippen molar-refractivity contribution < 1.29 is 9.47 Å². The smallest absolute Gasteiger partial charge is 0.161 e. The molecule has 0 aromatic heterocycles. The lowest BCUT2D eigenvalue weighted by molar-refractivity contribution is 0.353. The second-order valence-corrected chi connectivity index (χ2v) is 6.52. The van der Waals surface area contributed by atoms with Gasteiger partial charge in [0.2, 0.25) is 0 Å². The summed E-state index contributed by atoms with van der Waals surface area (Å²) in [6.45, 7) is 3.31. The molecule has 2 rings (SSSR count). The number of thioether (sulfide) groups is 1. The molecule has 1 aromatic rings. The van der Waals surface area contributed by atoms with Crippen LogP contribution in [0, 0.1) is 5.92 Å². The highest BCUT2D eigenvalue weighted by Crippen LogP contribution is 2.30. The second-order valence-electron chi connectivity index (χ2n) is 5.30. The van der Waals surface area contributed by atoms with Crippen LogP contribution in [0.5, 0.6) is 11.5 Å². The minimum atomic E-state index is 0.337. The normalized spacial score (nSPS) is 17.8. The average Bonchev–Trinajstić information content (AvgIpc) is 2.52. The van der Waals surface area contributed by atoms with E-state index in [1.54, 1.807) is 14.2 Å². The minimum Gasteiger partial charge on any atom is -0.493 e. The quantitative estimate of drug-likeness (QED) is 0.870. The lowest BCUT2D eigenvalue weighted by atomic mass is 10.0. The van der Waals surface area contributed by atoms with Crippen LogP contribution in [0.25, 0.3) is 0 Å². The zero-order valence-electron chi connectivity index (χ0n) is 12.6. The molecule has 1 unspecified atom stereocenters. The van der Waals surface area contributed by atoms with E-state index in [-0.39, 0.29) is 0 Å². The van der Waals surface area contributed by atoms with E-state index in [9.17, 15) is 0 Å². The predicted molar refractivity (Wildman–Crippen MR) is 86.0 cm³/mol. The molecule has 112 valence electrons. The van der Waals surface area contributed by atoms with Gasteiger partial charge in [0, 0.05) is 6.04 Å². The van der Waals surface area contributed by atoms with Crippen molar-refractivity contribution in [2.75, 3.05) is 32.3 Å². The van der Waals surface area contributed by atoms with Crippen molar-refractivity contribution in [3.05, 3.63) is 23.8 Å². The highest BCUT2D eigenvalue weighted by atomic mass is 32.2. The summed E-state index contributed by atoms with van der Waals surface area (Å²) >= 11 is 2.08. The third-order valence-corrected chi connectivity index (χ3v) is 5.01. The molecule has 0 bridgehead atoms. The van der Waals surface area contributed by atoms with Gasteiger partial charge in [0.25, 0.3) is 0 Å². The van der Waals surface area contributed by atoms with Crippen LogP contribution >= 0.6 is 11.8 Å². The summed E-state index contributed by atoms with van der Waals surface area (Å²) in [5.41, 5.74) is 1.24. The Morgan fingerprint density at radius 2 is 1.90 bits per heavy atom. The van der Waals surface area contributed by atoms with Gasteiger partial charge in [-0.2, -0.15) is 11.8 Å². The maximum atomic E-state index is 5.37. The van der Waals surface area contributed by atoms with Crippen molar-refractivity contribution in [3.8, 4) is 11.5 Å². The first-order valence-electron chi connectivity index (χ1n) is 7.27. The summed E-state index contributed by atoms with van der Waals surface area (Å²) in [5, 5.41) is 3.65. The van der Waals surface area contributed by atoms with Gasteiger partial charge >= 0.3 is 0 Å². The van der Waals surface area contributed by atoms with E-state index in [1.165, 1.54) is 29.9 Å². The first kappa shape index (κ1) is 15.5. The first-order valence-corrected chi connectivity index (χ1v) is 8.43. The van der Waals surface area contributed by atoms with Gasteiger partial charge in [-0.05, 0) is 61.4 Å². The van der Waals surface area contributed by atoms with Crippen LogP contribution in [0.1, 0.15) is 31.4 Å². The van der Waals surface area contributed by atoms with Crippen LogP contribution in [-0.2, 0) is 0 Å². The van der Waals surface area contributed by atoms with Crippen LogP contribution in [0.4, 0.5) is 0 Å². The average molecular weight is 295 g/mol. The Morgan fingerprint density at radius 1 is 1.20 bits per heavy atom. The summed E-state index contributed by atoms with van der Waals surface area (Å²) in [6, 6.07) is 6.48. The number of ether oxygens (including phenoxy) is 2. The predicted octanol–water partition coefficient (Wildman–Crippen LogP) is 3.50. The lowest BCUT2D eigenvalue weighted by Crippen LogP contribution is -2.28. The van der Waals surface area contributed by atoms with E-state index in [0.717, 1.165) is 24.0 Å². The van der Waals surface area contributed by atoms with Crippen molar-refractivity contribution in [1.82, 2.24) is 5.32 Å². The van der Waals surface area contributed by atoms with Crippen LogP contribution in [0.15, 0.2) is 18.2 Å². The monoisotopic (exact) mass is 295 g/mol. The minimum absolute atomic E-state index is 0.337. The largest absolute Gasteiger partial charge is 0.493 e. The van der Waals surface area contributed by atoms with Crippen molar-refractivity contribution in [2.24, 2.45) is 5.92 Å². The third-order valence-electron chi connectivity index (χ3n) is 3.96. The van der Waals surface area contributed by atoms with Crippen molar-refractivity contribution in [1.29, 1.82) is 0 Å². The van der Waals surface area contributed by atoms with Gasteiger partial charge in [-0.25, -0.2) is 0 Å². The molecule has 1 atom stereocenters. The Labute approximate surface area is 126 Å². The fourth-order valence-corrected chi connectivity index (χ4v) is 3.74. The summed E-state index contributed by atoms with van der Waals surface area (Å²) in [5.74, 6) is 5.05. The fraction of sp³-hybridized carbons (Fsp3) is 0.625. The Bertz CT molecular complexity index is 419. The fourth-order valence-electron chi connectivity index (χ4n) is 2.53. The molecule has 1 fully saturated rings. The number of hydrogen-bond acceptors (Lipinski definition) is 4. The maximum Gasteiger partial charge on any atom is 0.161 e. The number of hydrogen-bond donors (Lipinski definition) is 1. The molecule has 1 aliphatic rings. The van der Waals surface area contributed by atoms with Gasteiger partial charge in [0.1, 0.15) is 0 Å². The summed E-state index contributed by atoms with van der Waals surface area (Å²) < 4.78 is 10.6. The molecule has 3 nitrogen and oxygen atoms in total. The first-order chi connectivity index (χ1) is 9.74. The summed E-state index contributed by atoms with van der Waals surface area (Å²) in [6.07, 6.45) is 2.69. The lowest BCUT2D eigenvalue weighted by Gasteiger charge is -2.24. The molecule has 0 aliphatic carbocycles. The van der Waals surface area contributed by atoms with Gasteiger partial charge in [-0.3, -0.25) is 0 Å². The number of rotatable bonds is 6. The van der Waals surface area contributed by atoms with E-state index in [0.29, 0.717) is 6.04 Å². The van der Waals surface area contributed by atoms with Crippen LogP contribution in [0.2, 0.25) is 0 Å². The number of benzene rings is 1. The SMILES string of the molecule is COc1ccc(C(C)NCC2CCSCC2)cc1OC. The van der Waals surface area contributed by atoms with E-state index in [4.69, 9.17) is 9.47 Å². The van der Waals surface area contributed by atoms with E-state index >= 15 is 0 Å². The molecular formula is C16H25NO2S. The zero-order valence-corrected chi connectivity index (χ0v) is 13.5. The van der Waals surface area contributed by atoms with Gasteiger partial charge in [0.05, 0.1) is 14.2 Å². The number of nitrogens with one attached hydrogen (secondary N) is 1. The molecule has 0 radical (unpaired) electrons. The van der Waals surface area contributed by atoms with E-state index in [2.05, 4.69) is 36.1 Å². The topological polar surface area (TPSA) is 30.5 Å². The molecule has 1 aliphatic heterocycles. The van der Waals surface area contributed by atoms with E-state index < -0.39 is 0 Å². The molecule has 1 aromatic carbocycles. The highest BCUT2D eigenvalue weighted by molar-refractivity contribution is 7.99. The van der Waals surface area contributed by atoms with Crippen LogP contribution in [-0.4, -0.2) is 32.3 Å². The van der Waals surface area contributed by atoms with Gasteiger partial charge < -0.3 is 14.8 Å². The Hall–Kier alpha value is -0.870. The molecule has 1 N–H and O–H groups in total.